The summed E-state index contributed by atoms with van der Waals surface area (Å²) in [4.78, 5) is 19.4. The number of thiocarbonyl (C=S) groups is 1. The number of nitrogens with zero attached hydrogens (tertiary/aromatic N) is 1. The first-order valence-corrected chi connectivity index (χ1v) is 15.9. The van der Waals surface area contributed by atoms with Crippen molar-refractivity contribution in [2.75, 3.05) is 16.0 Å². The van der Waals surface area contributed by atoms with Gasteiger partial charge in [0.25, 0.3) is 0 Å². The third-order valence-corrected chi connectivity index (χ3v) is 8.99. The predicted octanol–water partition coefficient (Wildman–Crippen LogP) is 9.55. The summed E-state index contributed by atoms with van der Waals surface area (Å²) >= 11 is 8.44. The summed E-state index contributed by atoms with van der Waals surface area (Å²) in [6.45, 7) is 2.05. The summed E-state index contributed by atoms with van der Waals surface area (Å²) in [6.07, 6.45) is 0. The Kier molecular flexibility index (Phi) is 8.79. The van der Waals surface area contributed by atoms with Crippen LogP contribution < -0.4 is 16.0 Å². The van der Waals surface area contributed by atoms with E-state index in [1.54, 1.807) is 0 Å². The van der Waals surface area contributed by atoms with Gasteiger partial charge >= 0.3 is 0 Å². The zero-order chi connectivity index (χ0) is 29.6. The number of hydrogen-bond donors (Lipinski definition) is 3. The van der Waals surface area contributed by atoms with Gasteiger partial charge in [-0.1, -0.05) is 90.5 Å². The molecule has 0 bridgehead atoms. The second-order valence-corrected chi connectivity index (χ2v) is 12.4. The van der Waals surface area contributed by atoms with Crippen molar-refractivity contribution in [3.05, 3.63) is 138 Å². The standard InChI is InChI=1S/C35H28N4OS3/c1-23-14-18-28(19-15-23)36-34(41)37-29-12-7-13-30(21-29)43-32(25-9-3-2-4-10-25)33(40)39-35-38-31(22-42-35)27-17-16-24-8-5-6-11-26(24)20-27/h2-22,32H,1H3,(H2,36,37,41)(H,38,39,40). The molecule has 6 aromatic rings. The van der Waals surface area contributed by atoms with E-state index in [1.165, 1.54) is 34.0 Å². The number of fused-ring (bicyclic) bond motifs is 1. The number of nitrogens with one attached hydrogen (secondary N) is 3. The molecule has 0 aliphatic heterocycles. The van der Waals surface area contributed by atoms with Crippen LogP contribution in [0.25, 0.3) is 22.0 Å². The quantitative estimate of drug-likeness (QED) is 0.117. The molecule has 0 fully saturated rings. The molecule has 6 rings (SSSR count). The lowest BCUT2D eigenvalue weighted by molar-refractivity contribution is -0.115. The summed E-state index contributed by atoms with van der Waals surface area (Å²) in [5, 5.41) is 14.4. The molecule has 1 heterocycles. The minimum atomic E-state index is -0.484. The minimum Gasteiger partial charge on any atom is -0.332 e. The average molecular weight is 617 g/mol. The van der Waals surface area contributed by atoms with Crippen LogP contribution in [0.15, 0.2) is 132 Å². The number of aryl methyl sites for hydroxylation is 1. The van der Waals surface area contributed by atoms with Gasteiger partial charge in [0.2, 0.25) is 5.91 Å². The number of anilines is 3. The summed E-state index contributed by atoms with van der Waals surface area (Å²) in [5.74, 6) is -0.134. The van der Waals surface area contributed by atoms with Gasteiger partial charge in [0.05, 0.1) is 5.69 Å². The molecule has 0 radical (unpaired) electrons. The van der Waals surface area contributed by atoms with Gasteiger partial charge < -0.3 is 16.0 Å². The minimum absolute atomic E-state index is 0.134. The zero-order valence-corrected chi connectivity index (χ0v) is 25.7. The zero-order valence-electron chi connectivity index (χ0n) is 23.3. The largest absolute Gasteiger partial charge is 0.332 e. The molecule has 0 saturated heterocycles. The van der Waals surface area contributed by atoms with E-state index >= 15 is 0 Å². The normalized spacial score (nSPS) is 11.6. The van der Waals surface area contributed by atoms with Crippen molar-refractivity contribution in [1.29, 1.82) is 0 Å². The van der Waals surface area contributed by atoms with Gasteiger partial charge in [0, 0.05) is 27.2 Å². The number of aromatic nitrogens is 1. The highest BCUT2D eigenvalue weighted by atomic mass is 32.2. The van der Waals surface area contributed by atoms with Gasteiger partial charge in [0.1, 0.15) is 5.25 Å². The second-order valence-electron chi connectivity index (χ2n) is 9.97. The molecule has 1 aromatic heterocycles. The molecule has 1 amide bonds. The monoisotopic (exact) mass is 616 g/mol. The molecule has 5 aromatic carbocycles. The first kappa shape index (κ1) is 28.6. The summed E-state index contributed by atoms with van der Waals surface area (Å²) < 4.78 is 0. The molecule has 0 saturated carbocycles. The van der Waals surface area contributed by atoms with E-state index in [9.17, 15) is 4.79 Å². The van der Waals surface area contributed by atoms with E-state index in [-0.39, 0.29) is 5.91 Å². The third-order valence-electron chi connectivity index (χ3n) is 6.78. The SMILES string of the molecule is Cc1ccc(NC(=S)Nc2cccc(SC(C(=O)Nc3nc(-c4ccc5ccccc5c4)cs3)c3ccccc3)c2)cc1. The molecule has 5 nitrogen and oxygen atoms in total. The van der Waals surface area contributed by atoms with Crippen LogP contribution >= 0.6 is 35.3 Å². The van der Waals surface area contributed by atoms with Crippen LogP contribution in [0.4, 0.5) is 16.5 Å². The Morgan fingerprint density at radius 2 is 1.51 bits per heavy atom. The Labute approximate surface area is 264 Å². The first-order chi connectivity index (χ1) is 21.0. The van der Waals surface area contributed by atoms with Crippen LogP contribution in [0.3, 0.4) is 0 Å². The van der Waals surface area contributed by atoms with Crippen molar-refractivity contribution in [3.8, 4) is 11.3 Å². The number of carbonyl (C=O) groups is 1. The fourth-order valence-corrected chi connectivity index (χ4v) is 6.64. The molecule has 3 N–H and O–H groups in total. The number of thiazole rings is 1. The molecule has 8 heteroatoms. The molecule has 212 valence electrons. The van der Waals surface area contributed by atoms with Crippen LogP contribution in [0.2, 0.25) is 0 Å². The van der Waals surface area contributed by atoms with Crippen LogP contribution in [-0.4, -0.2) is 16.0 Å². The Balaban J connectivity index is 1.17. The van der Waals surface area contributed by atoms with Gasteiger partial charge in [-0.05, 0) is 71.9 Å². The highest BCUT2D eigenvalue weighted by molar-refractivity contribution is 8.00. The van der Waals surface area contributed by atoms with E-state index < -0.39 is 5.25 Å². The van der Waals surface area contributed by atoms with Gasteiger partial charge in [-0.2, -0.15) is 0 Å². The van der Waals surface area contributed by atoms with Gasteiger partial charge in [-0.25, -0.2) is 4.98 Å². The van der Waals surface area contributed by atoms with Crippen LogP contribution in [0.5, 0.6) is 0 Å². The van der Waals surface area contributed by atoms with Crippen molar-refractivity contribution in [2.45, 2.75) is 17.1 Å². The molecule has 0 aliphatic rings. The van der Waals surface area contributed by atoms with E-state index in [0.717, 1.165) is 38.5 Å². The molecular weight excluding hydrogens is 589 g/mol. The van der Waals surface area contributed by atoms with Crippen molar-refractivity contribution < 1.29 is 4.79 Å². The lowest BCUT2D eigenvalue weighted by Crippen LogP contribution is -2.19. The second kappa shape index (κ2) is 13.2. The highest BCUT2D eigenvalue weighted by Gasteiger charge is 2.23. The number of benzene rings is 5. The number of amides is 1. The van der Waals surface area contributed by atoms with E-state index in [0.29, 0.717) is 10.2 Å². The van der Waals surface area contributed by atoms with Crippen LogP contribution in [0, 0.1) is 6.92 Å². The Morgan fingerprint density at radius 3 is 2.33 bits per heavy atom. The lowest BCUT2D eigenvalue weighted by atomic mass is 10.1. The maximum Gasteiger partial charge on any atom is 0.244 e. The fourth-order valence-electron chi connectivity index (χ4n) is 4.60. The number of hydrogen-bond acceptors (Lipinski definition) is 5. The van der Waals surface area contributed by atoms with Crippen LogP contribution in [0.1, 0.15) is 16.4 Å². The molecule has 1 unspecified atom stereocenters. The number of rotatable bonds is 8. The third kappa shape index (κ3) is 7.29. The fraction of sp³-hybridized carbons (Fsp3) is 0.0571. The van der Waals surface area contributed by atoms with Gasteiger partial charge in [0.15, 0.2) is 10.2 Å². The molecule has 43 heavy (non-hydrogen) atoms. The maximum atomic E-state index is 13.7. The van der Waals surface area contributed by atoms with Gasteiger partial charge in [-0.15, -0.1) is 23.1 Å². The van der Waals surface area contributed by atoms with E-state index in [4.69, 9.17) is 17.2 Å². The van der Waals surface area contributed by atoms with E-state index in [2.05, 4.69) is 46.3 Å². The smallest absolute Gasteiger partial charge is 0.244 e. The number of carbonyl (C=O) groups excluding carboxylic acids is 1. The predicted molar refractivity (Wildman–Crippen MR) is 186 cm³/mol. The summed E-state index contributed by atoms with van der Waals surface area (Å²) in [7, 11) is 0. The Bertz CT molecular complexity index is 1890. The lowest BCUT2D eigenvalue weighted by Gasteiger charge is -2.17. The highest BCUT2D eigenvalue weighted by Crippen LogP contribution is 2.38. The molecule has 0 spiro atoms. The Morgan fingerprint density at radius 1 is 0.767 bits per heavy atom. The van der Waals surface area contributed by atoms with Crippen molar-refractivity contribution >= 4 is 73.6 Å². The van der Waals surface area contributed by atoms with Crippen molar-refractivity contribution in [3.63, 3.8) is 0 Å². The molecular formula is C35H28N4OS3. The Hall–Kier alpha value is -4.50. The summed E-state index contributed by atoms with van der Waals surface area (Å²) in [6, 6.07) is 40.3. The molecule has 1 atom stereocenters. The number of thioether (sulfide) groups is 1. The van der Waals surface area contributed by atoms with E-state index in [1.807, 2.05) is 103 Å². The maximum absolute atomic E-state index is 13.7. The van der Waals surface area contributed by atoms with Gasteiger partial charge in [-0.3, -0.25) is 4.79 Å². The van der Waals surface area contributed by atoms with Crippen molar-refractivity contribution in [1.82, 2.24) is 4.98 Å². The topological polar surface area (TPSA) is 66.0 Å². The average Bonchev–Trinajstić information content (AvgIpc) is 3.49. The van der Waals surface area contributed by atoms with Crippen molar-refractivity contribution in [2.24, 2.45) is 0 Å². The first-order valence-electron chi connectivity index (χ1n) is 13.7. The van der Waals surface area contributed by atoms with Crippen LogP contribution in [-0.2, 0) is 4.79 Å². The summed E-state index contributed by atoms with van der Waals surface area (Å²) in [5.41, 5.74) is 5.70. The molecule has 0 aliphatic carbocycles.